The van der Waals surface area contributed by atoms with Gasteiger partial charge in [-0.2, -0.15) is 0 Å². The van der Waals surface area contributed by atoms with E-state index in [0.29, 0.717) is 0 Å². The molecule has 0 aromatic heterocycles. The van der Waals surface area contributed by atoms with Crippen LogP contribution in [0.5, 0.6) is 5.75 Å². The van der Waals surface area contributed by atoms with Gasteiger partial charge in [-0.05, 0) is 30.2 Å². The molecule has 0 saturated carbocycles. The third kappa shape index (κ3) is 12.7. The lowest BCUT2D eigenvalue weighted by Gasteiger charge is -2.18. The fourth-order valence-electron chi connectivity index (χ4n) is 3.30. The van der Waals surface area contributed by atoms with E-state index in [1.165, 1.54) is 68.8 Å². The second-order valence-corrected chi connectivity index (χ2v) is 7.71. The first-order chi connectivity index (χ1) is 14.7. The molecule has 0 unspecified atom stereocenters. The molecule has 1 amide bonds. The second kappa shape index (κ2) is 18.0. The van der Waals surface area contributed by atoms with Crippen LogP contribution in [0.2, 0.25) is 0 Å². The first-order valence-corrected chi connectivity index (χ1v) is 11.6. The van der Waals surface area contributed by atoms with Gasteiger partial charge in [-0.3, -0.25) is 4.79 Å². The van der Waals surface area contributed by atoms with Crippen LogP contribution in [-0.2, 0) is 4.79 Å². The standard InChI is InChI=1S/C25H41NO4/c1-2-3-4-5-6-7-8-9-10-11-22-30-24-15-12-23(13-16-24)14-17-25(29)26(18-20-27)19-21-28/h12-17,27-28H,2-11,18-22H2,1H3/b17-14+. The fourth-order valence-corrected chi connectivity index (χ4v) is 3.30. The molecule has 5 heteroatoms. The molecule has 2 N–H and O–H groups in total. The van der Waals surface area contributed by atoms with Crippen molar-refractivity contribution in [1.29, 1.82) is 0 Å². The molecule has 1 rings (SSSR count). The van der Waals surface area contributed by atoms with Gasteiger partial charge in [-0.25, -0.2) is 0 Å². The summed E-state index contributed by atoms with van der Waals surface area (Å²) in [6.45, 7) is 3.19. The normalized spacial score (nSPS) is 11.2. The van der Waals surface area contributed by atoms with Crippen molar-refractivity contribution in [1.82, 2.24) is 4.90 Å². The largest absolute Gasteiger partial charge is 0.494 e. The van der Waals surface area contributed by atoms with Crippen LogP contribution in [0, 0.1) is 0 Å². The van der Waals surface area contributed by atoms with E-state index in [1.54, 1.807) is 6.08 Å². The number of carbonyl (C=O) groups is 1. The lowest BCUT2D eigenvalue weighted by molar-refractivity contribution is -0.126. The highest BCUT2D eigenvalue weighted by atomic mass is 16.5. The maximum atomic E-state index is 12.1. The molecule has 0 aliphatic heterocycles. The van der Waals surface area contributed by atoms with Crippen molar-refractivity contribution in [3.05, 3.63) is 35.9 Å². The maximum Gasteiger partial charge on any atom is 0.246 e. The minimum Gasteiger partial charge on any atom is -0.494 e. The number of aliphatic hydroxyl groups is 2. The van der Waals surface area contributed by atoms with Gasteiger partial charge in [0.2, 0.25) is 5.91 Å². The van der Waals surface area contributed by atoms with Crippen molar-refractivity contribution in [2.75, 3.05) is 32.9 Å². The number of nitrogens with zero attached hydrogens (tertiary/aromatic N) is 1. The van der Waals surface area contributed by atoms with Crippen molar-refractivity contribution in [3.63, 3.8) is 0 Å². The van der Waals surface area contributed by atoms with Crippen molar-refractivity contribution < 1.29 is 19.7 Å². The number of amides is 1. The summed E-state index contributed by atoms with van der Waals surface area (Å²) in [5, 5.41) is 18.0. The minimum atomic E-state index is -0.223. The fraction of sp³-hybridized carbons (Fsp3) is 0.640. The van der Waals surface area contributed by atoms with E-state index in [-0.39, 0.29) is 32.2 Å². The summed E-state index contributed by atoms with van der Waals surface area (Å²) < 4.78 is 5.81. The number of unbranched alkanes of at least 4 members (excludes halogenated alkanes) is 9. The first-order valence-electron chi connectivity index (χ1n) is 11.6. The van der Waals surface area contributed by atoms with Crippen LogP contribution in [0.15, 0.2) is 30.3 Å². The number of benzene rings is 1. The van der Waals surface area contributed by atoms with Crippen molar-refractivity contribution in [3.8, 4) is 5.75 Å². The zero-order chi connectivity index (χ0) is 21.9. The molecule has 0 radical (unpaired) electrons. The maximum absolute atomic E-state index is 12.1. The molecule has 1 aromatic rings. The molecule has 170 valence electrons. The van der Waals surface area contributed by atoms with Gasteiger partial charge in [0.1, 0.15) is 5.75 Å². The van der Waals surface area contributed by atoms with E-state index in [1.807, 2.05) is 24.3 Å². The highest BCUT2D eigenvalue weighted by Crippen LogP contribution is 2.15. The van der Waals surface area contributed by atoms with Gasteiger partial charge in [-0.1, -0.05) is 76.8 Å². The summed E-state index contributed by atoms with van der Waals surface area (Å²) in [4.78, 5) is 13.5. The molecule has 0 aliphatic rings. The molecule has 0 spiro atoms. The molecule has 0 bridgehead atoms. The number of hydrogen-bond acceptors (Lipinski definition) is 4. The molecule has 0 aliphatic carbocycles. The van der Waals surface area contributed by atoms with Crippen LogP contribution in [0.3, 0.4) is 0 Å². The van der Waals surface area contributed by atoms with E-state index < -0.39 is 0 Å². The van der Waals surface area contributed by atoms with Crippen LogP contribution in [0.25, 0.3) is 6.08 Å². The third-order valence-electron chi connectivity index (χ3n) is 5.12. The monoisotopic (exact) mass is 419 g/mol. The molecule has 0 heterocycles. The number of ether oxygens (including phenoxy) is 1. The molecular weight excluding hydrogens is 378 g/mol. The third-order valence-corrected chi connectivity index (χ3v) is 5.12. The van der Waals surface area contributed by atoms with Gasteiger partial charge in [0.05, 0.1) is 19.8 Å². The molecule has 5 nitrogen and oxygen atoms in total. The lowest BCUT2D eigenvalue weighted by atomic mass is 10.1. The van der Waals surface area contributed by atoms with Crippen molar-refractivity contribution in [2.45, 2.75) is 71.1 Å². The second-order valence-electron chi connectivity index (χ2n) is 7.71. The molecule has 0 fully saturated rings. The topological polar surface area (TPSA) is 70.0 Å². The van der Waals surface area contributed by atoms with Gasteiger partial charge in [0.25, 0.3) is 0 Å². The average molecular weight is 420 g/mol. The van der Waals surface area contributed by atoms with E-state index in [2.05, 4.69) is 6.92 Å². The Balaban J connectivity index is 2.18. The summed E-state index contributed by atoms with van der Waals surface area (Å²) in [7, 11) is 0. The zero-order valence-corrected chi connectivity index (χ0v) is 18.7. The first kappa shape index (κ1) is 26.2. The summed E-state index contributed by atoms with van der Waals surface area (Å²) in [5.74, 6) is 0.621. The van der Waals surface area contributed by atoms with E-state index in [4.69, 9.17) is 14.9 Å². The van der Waals surface area contributed by atoms with Gasteiger partial charge in [0, 0.05) is 19.2 Å². The highest BCUT2D eigenvalue weighted by Gasteiger charge is 2.08. The van der Waals surface area contributed by atoms with E-state index in [9.17, 15) is 4.79 Å². The van der Waals surface area contributed by atoms with Gasteiger partial charge >= 0.3 is 0 Å². The highest BCUT2D eigenvalue weighted by molar-refractivity contribution is 5.91. The summed E-state index contributed by atoms with van der Waals surface area (Å²) >= 11 is 0. The zero-order valence-electron chi connectivity index (χ0n) is 18.7. The molecule has 0 saturated heterocycles. The van der Waals surface area contributed by atoms with Gasteiger partial charge < -0.3 is 19.8 Å². The number of aliphatic hydroxyl groups excluding tert-OH is 2. The van der Waals surface area contributed by atoms with Crippen molar-refractivity contribution in [2.24, 2.45) is 0 Å². The summed E-state index contributed by atoms with van der Waals surface area (Å²) in [5.41, 5.74) is 0.905. The van der Waals surface area contributed by atoms with Crippen LogP contribution in [-0.4, -0.2) is 53.9 Å². The SMILES string of the molecule is CCCCCCCCCCCCOc1ccc(/C=C/C(=O)N(CCO)CCO)cc1. The van der Waals surface area contributed by atoms with Crippen LogP contribution in [0.1, 0.15) is 76.7 Å². The van der Waals surface area contributed by atoms with Crippen molar-refractivity contribution >= 4 is 12.0 Å². The molecule has 1 aromatic carbocycles. The lowest BCUT2D eigenvalue weighted by Crippen LogP contribution is -2.34. The minimum absolute atomic E-state index is 0.120. The predicted molar refractivity (Wildman–Crippen MR) is 124 cm³/mol. The predicted octanol–water partition coefficient (Wildman–Crippen LogP) is 4.81. The molecule has 0 atom stereocenters. The Bertz CT molecular complexity index is 565. The molecular formula is C25H41NO4. The quantitative estimate of drug-likeness (QED) is 0.265. The Kier molecular flexibility index (Phi) is 15.7. The van der Waals surface area contributed by atoms with Crippen LogP contribution < -0.4 is 4.74 Å². The Morgan fingerprint density at radius 2 is 1.40 bits per heavy atom. The van der Waals surface area contributed by atoms with E-state index >= 15 is 0 Å². The van der Waals surface area contributed by atoms with E-state index in [0.717, 1.165) is 24.3 Å². The number of carbonyl (C=O) groups excluding carboxylic acids is 1. The average Bonchev–Trinajstić information content (AvgIpc) is 2.76. The number of rotatable bonds is 18. The number of hydrogen-bond donors (Lipinski definition) is 2. The summed E-state index contributed by atoms with van der Waals surface area (Å²) in [6.07, 6.45) is 16.3. The smallest absolute Gasteiger partial charge is 0.246 e. The van der Waals surface area contributed by atoms with Crippen LogP contribution >= 0.6 is 0 Å². The van der Waals surface area contributed by atoms with Gasteiger partial charge in [-0.15, -0.1) is 0 Å². The summed E-state index contributed by atoms with van der Waals surface area (Å²) in [6, 6.07) is 7.67. The Labute approximate surface area is 182 Å². The van der Waals surface area contributed by atoms with Gasteiger partial charge in [0.15, 0.2) is 0 Å². The molecule has 30 heavy (non-hydrogen) atoms. The Hall–Kier alpha value is -1.85. The van der Waals surface area contributed by atoms with Crippen LogP contribution in [0.4, 0.5) is 0 Å². The Morgan fingerprint density at radius 3 is 1.93 bits per heavy atom. The Morgan fingerprint density at radius 1 is 0.867 bits per heavy atom.